The van der Waals surface area contributed by atoms with Gasteiger partial charge in [-0.2, -0.15) is 5.10 Å². The first-order valence-electron chi connectivity index (χ1n) is 8.81. The van der Waals surface area contributed by atoms with E-state index in [0.29, 0.717) is 44.0 Å². The molecule has 0 saturated carbocycles. The van der Waals surface area contributed by atoms with Gasteiger partial charge in [0, 0.05) is 43.2 Å². The second kappa shape index (κ2) is 7.67. The number of hydrogen-bond acceptors (Lipinski definition) is 4. The van der Waals surface area contributed by atoms with E-state index >= 15 is 0 Å². The van der Waals surface area contributed by atoms with E-state index in [1.165, 1.54) is 12.1 Å². The van der Waals surface area contributed by atoms with Crippen LogP contribution in [0.3, 0.4) is 0 Å². The van der Waals surface area contributed by atoms with Gasteiger partial charge in [0.15, 0.2) is 0 Å². The number of morpholine rings is 1. The number of nitrogens with zero attached hydrogens (tertiary/aromatic N) is 3. The minimum absolute atomic E-state index is 0.0653. The number of carbonyl (C=O) groups is 1. The van der Waals surface area contributed by atoms with Crippen molar-refractivity contribution in [1.82, 2.24) is 20.1 Å². The lowest BCUT2D eigenvalue weighted by atomic mass is 10.0. The fourth-order valence-corrected chi connectivity index (χ4v) is 3.14. The van der Waals surface area contributed by atoms with Crippen molar-refractivity contribution >= 4 is 5.91 Å². The first kappa shape index (κ1) is 17.4. The van der Waals surface area contributed by atoms with Gasteiger partial charge in [-0.1, -0.05) is 12.1 Å². The molecule has 1 N–H and O–H groups in total. The van der Waals surface area contributed by atoms with Gasteiger partial charge in [-0.15, -0.1) is 0 Å². The summed E-state index contributed by atoms with van der Waals surface area (Å²) in [6.07, 6.45) is 3.84. The van der Waals surface area contributed by atoms with E-state index in [4.69, 9.17) is 4.74 Å². The Bertz CT molecular complexity index is 933. The summed E-state index contributed by atoms with van der Waals surface area (Å²) in [5.41, 5.74) is 3.82. The first-order chi connectivity index (χ1) is 13.2. The highest BCUT2D eigenvalue weighted by Crippen LogP contribution is 2.24. The van der Waals surface area contributed by atoms with Crippen LogP contribution in [0.5, 0.6) is 0 Å². The first-order valence-corrected chi connectivity index (χ1v) is 8.81. The van der Waals surface area contributed by atoms with Crippen LogP contribution in [0.25, 0.3) is 11.3 Å². The Labute approximate surface area is 156 Å². The van der Waals surface area contributed by atoms with Crippen LogP contribution in [0, 0.1) is 5.82 Å². The number of pyridine rings is 1. The lowest BCUT2D eigenvalue weighted by molar-refractivity contribution is 0.0303. The quantitative estimate of drug-likeness (QED) is 0.771. The molecule has 1 amide bonds. The van der Waals surface area contributed by atoms with Crippen molar-refractivity contribution in [2.45, 2.75) is 6.42 Å². The predicted octanol–water partition coefficient (Wildman–Crippen LogP) is 2.67. The standard InChI is InChI=1S/C20H19FN4O2/c21-15-3-1-14(2-4-15)11-16-12-19(24-23-16)17-5-6-22-13-18(17)20(26)25-7-9-27-10-8-25/h1-6,12-13H,7-11H2,(H,23,24). The van der Waals surface area contributed by atoms with Gasteiger partial charge in [-0.3, -0.25) is 14.9 Å². The van der Waals surface area contributed by atoms with Gasteiger partial charge in [0.05, 0.1) is 24.5 Å². The number of halogens is 1. The highest BCUT2D eigenvalue weighted by atomic mass is 19.1. The van der Waals surface area contributed by atoms with Crippen molar-refractivity contribution in [2.24, 2.45) is 0 Å². The molecule has 0 unspecified atom stereocenters. The van der Waals surface area contributed by atoms with Crippen molar-refractivity contribution in [3.05, 3.63) is 71.4 Å². The summed E-state index contributed by atoms with van der Waals surface area (Å²) in [6.45, 7) is 2.24. The lowest BCUT2D eigenvalue weighted by Crippen LogP contribution is -2.40. The molecule has 138 valence electrons. The third kappa shape index (κ3) is 3.88. The van der Waals surface area contributed by atoms with Gasteiger partial charge < -0.3 is 9.64 Å². The van der Waals surface area contributed by atoms with Crippen LogP contribution in [-0.2, 0) is 11.2 Å². The average molecular weight is 366 g/mol. The maximum absolute atomic E-state index is 13.1. The molecule has 4 rings (SSSR count). The van der Waals surface area contributed by atoms with Crippen LogP contribution in [0.4, 0.5) is 4.39 Å². The van der Waals surface area contributed by atoms with Crippen molar-refractivity contribution in [3.63, 3.8) is 0 Å². The van der Waals surface area contributed by atoms with E-state index in [2.05, 4.69) is 15.2 Å². The molecular weight excluding hydrogens is 347 g/mol. The highest BCUT2D eigenvalue weighted by molar-refractivity contribution is 6.00. The van der Waals surface area contributed by atoms with Crippen LogP contribution in [0.15, 0.2) is 48.8 Å². The highest BCUT2D eigenvalue weighted by Gasteiger charge is 2.22. The van der Waals surface area contributed by atoms with E-state index < -0.39 is 0 Å². The van der Waals surface area contributed by atoms with Crippen LogP contribution in [0.2, 0.25) is 0 Å². The van der Waals surface area contributed by atoms with Gasteiger partial charge in [0.2, 0.25) is 0 Å². The fraction of sp³-hybridized carbons (Fsp3) is 0.250. The Morgan fingerprint density at radius 3 is 2.74 bits per heavy atom. The van der Waals surface area contributed by atoms with E-state index in [1.807, 2.05) is 6.07 Å². The molecule has 1 aromatic carbocycles. The van der Waals surface area contributed by atoms with Crippen molar-refractivity contribution < 1.29 is 13.9 Å². The Hall–Kier alpha value is -3.06. The molecule has 0 aliphatic carbocycles. The molecule has 1 aliphatic heterocycles. The Morgan fingerprint density at radius 1 is 1.19 bits per heavy atom. The van der Waals surface area contributed by atoms with E-state index in [-0.39, 0.29) is 11.7 Å². The van der Waals surface area contributed by atoms with Gasteiger partial charge in [0.25, 0.3) is 5.91 Å². The van der Waals surface area contributed by atoms with Crippen molar-refractivity contribution in [2.75, 3.05) is 26.3 Å². The Kier molecular flexibility index (Phi) is 4.93. The number of aromatic nitrogens is 3. The second-order valence-corrected chi connectivity index (χ2v) is 6.41. The van der Waals surface area contributed by atoms with Gasteiger partial charge in [-0.25, -0.2) is 4.39 Å². The lowest BCUT2D eigenvalue weighted by Gasteiger charge is -2.27. The smallest absolute Gasteiger partial charge is 0.256 e. The van der Waals surface area contributed by atoms with Crippen LogP contribution in [0.1, 0.15) is 21.6 Å². The summed E-state index contributed by atoms with van der Waals surface area (Å²) in [6, 6.07) is 10.1. The van der Waals surface area contributed by atoms with Crippen molar-refractivity contribution in [1.29, 1.82) is 0 Å². The van der Waals surface area contributed by atoms with E-state index in [1.54, 1.807) is 35.5 Å². The molecule has 0 atom stereocenters. The van der Waals surface area contributed by atoms with E-state index in [0.717, 1.165) is 16.8 Å². The summed E-state index contributed by atoms with van der Waals surface area (Å²) in [7, 11) is 0. The maximum Gasteiger partial charge on any atom is 0.256 e. The van der Waals surface area contributed by atoms with Crippen LogP contribution in [-0.4, -0.2) is 52.3 Å². The number of benzene rings is 1. The van der Waals surface area contributed by atoms with Gasteiger partial charge in [0.1, 0.15) is 5.82 Å². The molecule has 3 aromatic rings. The molecular formula is C20H19FN4O2. The number of H-pyrrole nitrogens is 1. The SMILES string of the molecule is O=C(c1cnccc1-c1cc(Cc2ccc(F)cc2)[nH]n1)N1CCOCC1. The molecule has 3 heterocycles. The second-order valence-electron chi connectivity index (χ2n) is 6.41. The minimum Gasteiger partial charge on any atom is -0.378 e. The summed E-state index contributed by atoms with van der Waals surface area (Å²) in [5, 5.41) is 7.37. The minimum atomic E-state index is -0.257. The normalized spacial score (nSPS) is 14.3. The number of hydrogen-bond donors (Lipinski definition) is 1. The molecule has 1 saturated heterocycles. The molecule has 7 heteroatoms. The summed E-state index contributed by atoms with van der Waals surface area (Å²) in [5.74, 6) is -0.323. The van der Waals surface area contributed by atoms with Gasteiger partial charge in [-0.05, 0) is 29.8 Å². The Balaban J connectivity index is 1.58. The topological polar surface area (TPSA) is 71.1 Å². The third-order valence-corrected chi connectivity index (χ3v) is 4.56. The summed E-state index contributed by atoms with van der Waals surface area (Å²) >= 11 is 0. The summed E-state index contributed by atoms with van der Waals surface area (Å²) < 4.78 is 18.4. The number of aromatic amines is 1. The largest absolute Gasteiger partial charge is 0.378 e. The molecule has 0 spiro atoms. The number of amides is 1. The predicted molar refractivity (Wildman–Crippen MR) is 97.7 cm³/mol. The Morgan fingerprint density at radius 2 is 1.96 bits per heavy atom. The van der Waals surface area contributed by atoms with Crippen LogP contribution >= 0.6 is 0 Å². The average Bonchev–Trinajstić information content (AvgIpc) is 3.18. The number of carbonyl (C=O) groups excluding carboxylic acids is 1. The molecule has 0 radical (unpaired) electrons. The van der Waals surface area contributed by atoms with E-state index in [9.17, 15) is 9.18 Å². The van der Waals surface area contributed by atoms with Crippen LogP contribution < -0.4 is 0 Å². The molecule has 1 fully saturated rings. The molecule has 0 bridgehead atoms. The molecule has 1 aliphatic rings. The number of nitrogens with one attached hydrogen (secondary N) is 1. The monoisotopic (exact) mass is 366 g/mol. The molecule has 6 nitrogen and oxygen atoms in total. The maximum atomic E-state index is 13.1. The molecule has 27 heavy (non-hydrogen) atoms. The third-order valence-electron chi connectivity index (χ3n) is 4.56. The summed E-state index contributed by atoms with van der Waals surface area (Å²) in [4.78, 5) is 18.8. The zero-order valence-electron chi connectivity index (χ0n) is 14.7. The molecule has 2 aromatic heterocycles. The zero-order chi connectivity index (χ0) is 18.6. The fourth-order valence-electron chi connectivity index (χ4n) is 3.14. The zero-order valence-corrected chi connectivity index (χ0v) is 14.7. The van der Waals surface area contributed by atoms with Gasteiger partial charge >= 0.3 is 0 Å². The number of rotatable bonds is 4. The van der Waals surface area contributed by atoms with Crippen molar-refractivity contribution in [3.8, 4) is 11.3 Å². The number of ether oxygens (including phenoxy) is 1.